The number of hydrogen-bond donors (Lipinski definition) is 1. The molecule has 0 spiro atoms. The number of aromatic nitrogens is 2. The second kappa shape index (κ2) is 3.84. The van der Waals surface area contributed by atoms with Crippen molar-refractivity contribution in [1.82, 2.24) is 9.38 Å². The molecule has 0 saturated heterocycles. The van der Waals surface area contributed by atoms with Crippen LogP contribution in [0.5, 0.6) is 0 Å². The van der Waals surface area contributed by atoms with E-state index in [0.717, 1.165) is 27.9 Å². The van der Waals surface area contributed by atoms with E-state index in [1.54, 1.807) is 0 Å². The number of fused-ring (bicyclic) bond motifs is 3. The summed E-state index contributed by atoms with van der Waals surface area (Å²) in [6.45, 7) is 1.85. The topological polar surface area (TPSA) is 54.6 Å². The minimum Gasteiger partial charge on any atom is -0.481 e. The molecule has 0 radical (unpaired) electrons. The predicted molar refractivity (Wildman–Crippen MR) is 68.8 cm³/mol. The lowest BCUT2D eigenvalue weighted by Crippen LogP contribution is -2.05. The van der Waals surface area contributed by atoms with Crippen LogP contribution in [0, 0.1) is 6.92 Å². The van der Waals surface area contributed by atoms with Crippen molar-refractivity contribution in [3.8, 4) is 0 Å². The molecule has 0 aliphatic heterocycles. The third-order valence-corrected chi connectivity index (χ3v) is 3.11. The fourth-order valence-electron chi connectivity index (χ4n) is 2.31. The standard InChI is InChI=1S/C14H12N2O2/c1-9-12(8-14(17)18)16-11-5-3-2-4-10(11)6-7-13(16)15-9/h2-7H,8H2,1H3,(H,17,18). The lowest BCUT2D eigenvalue weighted by molar-refractivity contribution is -0.136. The van der Waals surface area contributed by atoms with Gasteiger partial charge in [0.05, 0.1) is 23.3 Å². The molecule has 18 heavy (non-hydrogen) atoms. The van der Waals surface area contributed by atoms with E-state index < -0.39 is 5.97 Å². The maximum Gasteiger partial charge on any atom is 0.309 e. The first-order valence-corrected chi connectivity index (χ1v) is 5.74. The summed E-state index contributed by atoms with van der Waals surface area (Å²) >= 11 is 0. The first-order valence-electron chi connectivity index (χ1n) is 5.74. The lowest BCUT2D eigenvalue weighted by Gasteiger charge is -2.05. The van der Waals surface area contributed by atoms with Gasteiger partial charge < -0.3 is 5.11 Å². The molecule has 0 saturated carbocycles. The van der Waals surface area contributed by atoms with Crippen molar-refractivity contribution >= 4 is 22.5 Å². The average molecular weight is 240 g/mol. The number of aryl methyl sites for hydroxylation is 1. The summed E-state index contributed by atoms with van der Waals surface area (Å²) in [6, 6.07) is 11.8. The highest BCUT2D eigenvalue weighted by atomic mass is 16.4. The molecule has 0 aliphatic carbocycles. The summed E-state index contributed by atoms with van der Waals surface area (Å²) in [6.07, 6.45) is -0.0129. The van der Waals surface area contributed by atoms with Crippen molar-refractivity contribution in [2.45, 2.75) is 13.3 Å². The van der Waals surface area contributed by atoms with Gasteiger partial charge in [-0.3, -0.25) is 9.20 Å². The Labute approximate surface area is 104 Å². The van der Waals surface area contributed by atoms with Crippen molar-refractivity contribution in [3.05, 3.63) is 47.8 Å². The molecule has 0 bridgehead atoms. The Morgan fingerprint density at radius 1 is 1.28 bits per heavy atom. The summed E-state index contributed by atoms with van der Waals surface area (Å²) in [5.41, 5.74) is 3.30. The van der Waals surface area contributed by atoms with Crippen LogP contribution in [0.2, 0.25) is 0 Å². The molecule has 4 nitrogen and oxygen atoms in total. The van der Waals surface area contributed by atoms with E-state index in [1.165, 1.54) is 0 Å². The zero-order valence-corrected chi connectivity index (χ0v) is 9.92. The van der Waals surface area contributed by atoms with E-state index in [1.807, 2.05) is 47.7 Å². The van der Waals surface area contributed by atoms with Gasteiger partial charge in [0, 0.05) is 0 Å². The normalized spacial score (nSPS) is 11.2. The van der Waals surface area contributed by atoms with E-state index in [0.29, 0.717) is 0 Å². The third kappa shape index (κ3) is 1.54. The highest BCUT2D eigenvalue weighted by molar-refractivity contribution is 5.83. The van der Waals surface area contributed by atoms with Gasteiger partial charge in [0.1, 0.15) is 5.65 Å². The summed E-state index contributed by atoms with van der Waals surface area (Å²) in [5, 5.41) is 10.1. The van der Waals surface area contributed by atoms with Gasteiger partial charge in [-0.1, -0.05) is 18.2 Å². The van der Waals surface area contributed by atoms with Crippen LogP contribution in [0.3, 0.4) is 0 Å². The Hall–Kier alpha value is -2.36. The van der Waals surface area contributed by atoms with Crippen molar-refractivity contribution in [1.29, 1.82) is 0 Å². The molecule has 3 rings (SSSR count). The summed E-state index contributed by atoms with van der Waals surface area (Å²) in [5.74, 6) is -0.840. The fourth-order valence-corrected chi connectivity index (χ4v) is 2.31. The molecule has 90 valence electrons. The van der Waals surface area contributed by atoms with Crippen LogP contribution in [-0.4, -0.2) is 20.5 Å². The second-order valence-electron chi connectivity index (χ2n) is 4.30. The summed E-state index contributed by atoms with van der Waals surface area (Å²) in [7, 11) is 0. The maximum atomic E-state index is 11.0. The van der Waals surface area contributed by atoms with Crippen LogP contribution in [0.15, 0.2) is 36.4 Å². The number of carboxylic acids is 1. The number of benzene rings is 1. The third-order valence-electron chi connectivity index (χ3n) is 3.11. The number of nitrogens with zero attached hydrogens (tertiary/aromatic N) is 2. The molecule has 2 aromatic heterocycles. The van der Waals surface area contributed by atoms with Crippen LogP contribution in [0.25, 0.3) is 16.6 Å². The number of hydrogen-bond acceptors (Lipinski definition) is 2. The molecular weight excluding hydrogens is 228 g/mol. The van der Waals surface area contributed by atoms with Gasteiger partial charge in [-0.2, -0.15) is 0 Å². The number of carboxylic acid groups (broad SMARTS) is 1. The van der Waals surface area contributed by atoms with Gasteiger partial charge in [0.2, 0.25) is 0 Å². The van der Waals surface area contributed by atoms with Gasteiger partial charge in [-0.05, 0) is 30.5 Å². The number of carbonyl (C=O) groups is 1. The van der Waals surface area contributed by atoms with Gasteiger partial charge in [-0.15, -0.1) is 0 Å². The zero-order chi connectivity index (χ0) is 12.7. The highest BCUT2D eigenvalue weighted by Gasteiger charge is 2.13. The van der Waals surface area contributed by atoms with E-state index in [9.17, 15) is 4.79 Å². The molecule has 0 atom stereocenters. The average Bonchev–Trinajstić information content (AvgIpc) is 2.66. The van der Waals surface area contributed by atoms with Gasteiger partial charge in [0.15, 0.2) is 0 Å². The van der Waals surface area contributed by atoms with E-state index >= 15 is 0 Å². The predicted octanol–water partition coefficient (Wildman–Crippen LogP) is 2.42. The molecule has 3 aromatic rings. The summed E-state index contributed by atoms with van der Waals surface area (Å²) in [4.78, 5) is 15.4. The molecule has 0 aliphatic rings. The van der Waals surface area contributed by atoms with Crippen LogP contribution < -0.4 is 0 Å². The number of pyridine rings is 1. The van der Waals surface area contributed by atoms with Crippen molar-refractivity contribution in [2.24, 2.45) is 0 Å². The van der Waals surface area contributed by atoms with Gasteiger partial charge >= 0.3 is 5.97 Å². The largest absolute Gasteiger partial charge is 0.481 e. The van der Waals surface area contributed by atoms with Crippen LogP contribution in [0.4, 0.5) is 0 Å². The quantitative estimate of drug-likeness (QED) is 0.748. The van der Waals surface area contributed by atoms with Crippen molar-refractivity contribution in [3.63, 3.8) is 0 Å². The Bertz CT molecular complexity index is 759. The highest BCUT2D eigenvalue weighted by Crippen LogP contribution is 2.21. The smallest absolute Gasteiger partial charge is 0.309 e. The number of para-hydroxylation sites is 1. The molecule has 0 unspecified atom stereocenters. The molecule has 0 amide bonds. The Balaban J connectivity index is 2.43. The number of aliphatic carboxylic acids is 1. The fraction of sp³-hybridized carbons (Fsp3) is 0.143. The monoisotopic (exact) mass is 240 g/mol. The van der Waals surface area contributed by atoms with Crippen LogP contribution >= 0.6 is 0 Å². The van der Waals surface area contributed by atoms with Gasteiger partial charge in [0.25, 0.3) is 0 Å². The van der Waals surface area contributed by atoms with E-state index in [2.05, 4.69) is 4.98 Å². The zero-order valence-electron chi connectivity index (χ0n) is 9.92. The van der Waals surface area contributed by atoms with E-state index in [-0.39, 0.29) is 6.42 Å². The molecule has 2 heterocycles. The maximum absolute atomic E-state index is 11.0. The molecular formula is C14H12N2O2. The molecule has 0 fully saturated rings. The number of imidazole rings is 1. The Morgan fingerprint density at radius 2 is 2.06 bits per heavy atom. The van der Waals surface area contributed by atoms with Crippen molar-refractivity contribution < 1.29 is 9.90 Å². The summed E-state index contributed by atoms with van der Waals surface area (Å²) < 4.78 is 1.93. The lowest BCUT2D eigenvalue weighted by atomic mass is 10.2. The Kier molecular flexibility index (Phi) is 2.30. The number of rotatable bonds is 2. The minimum atomic E-state index is -0.840. The molecule has 1 N–H and O–H groups in total. The minimum absolute atomic E-state index is 0.0129. The van der Waals surface area contributed by atoms with Crippen molar-refractivity contribution in [2.75, 3.05) is 0 Å². The van der Waals surface area contributed by atoms with E-state index in [4.69, 9.17) is 5.11 Å². The first kappa shape index (κ1) is 10.8. The van der Waals surface area contributed by atoms with Crippen LogP contribution in [0.1, 0.15) is 11.4 Å². The van der Waals surface area contributed by atoms with Crippen LogP contribution in [-0.2, 0) is 11.2 Å². The molecule has 4 heteroatoms. The molecule has 1 aromatic carbocycles. The van der Waals surface area contributed by atoms with Gasteiger partial charge in [-0.25, -0.2) is 4.98 Å². The first-order chi connectivity index (χ1) is 8.66. The Morgan fingerprint density at radius 3 is 2.83 bits per heavy atom. The SMILES string of the molecule is Cc1nc2ccc3ccccc3n2c1CC(=O)O. The second-order valence-corrected chi connectivity index (χ2v) is 4.30.